The molecule has 3 aliphatic rings. The molecule has 2 aromatic rings. The van der Waals surface area contributed by atoms with E-state index in [9.17, 15) is 14.4 Å². The van der Waals surface area contributed by atoms with Gasteiger partial charge in [0.2, 0.25) is 11.8 Å². The molecule has 2 amide bonds. The first-order chi connectivity index (χ1) is 20.3. The summed E-state index contributed by atoms with van der Waals surface area (Å²) < 4.78 is 6.74. The normalized spacial score (nSPS) is 21.5. The number of likely N-dealkylation sites (tertiary alicyclic amines) is 1. The minimum Gasteiger partial charge on any atom is -0.465 e. The third-order valence-electron chi connectivity index (χ3n) is 9.88. The van der Waals surface area contributed by atoms with E-state index in [1.807, 2.05) is 28.6 Å². The molecule has 1 spiro atoms. The van der Waals surface area contributed by atoms with Crippen LogP contribution in [0.4, 0.5) is 0 Å². The summed E-state index contributed by atoms with van der Waals surface area (Å²) in [5, 5.41) is 8.01. The highest BCUT2D eigenvalue weighted by Gasteiger charge is 2.53. The van der Waals surface area contributed by atoms with E-state index in [4.69, 9.17) is 9.84 Å². The van der Waals surface area contributed by atoms with Crippen molar-refractivity contribution in [2.45, 2.75) is 103 Å². The van der Waals surface area contributed by atoms with E-state index in [1.54, 1.807) is 12.1 Å². The number of nitrogens with one attached hydrogen (secondary N) is 1. The minimum absolute atomic E-state index is 0.0502. The van der Waals surface area contributed by atoms with Gasteiger partial charge in [-0.15, -0.1) is 0 Å². The molecule has 1 aromatic heterocycles. The Bertz CT molecular complexity index is 1270. The van der Waals surface area contributed by atoms with Gasteiger partial charge >= 0.3 is 5.97 Å². The van der Waals surface area contributed by atoms with Crippen LogP contribution in [0.15, 0.2) is 24.3 Å². The predicted octanol–water partition coefficient (Wildman–Crippen LogP) is 4.71. The Kier molecular flexibility index (Phi) is 9.35. The number of unbranched alkanes of at least 4 members (excludes halogenated alkanes) is 1. The number of esters is 1. The van der Waals surface area contributed by atoms with Gasteiger partial charge in [0, 0.05) is 37.4 Å². The van der Waals surface area contributed by atoms with Crippen molar-refractivity contribution in [1.82, 2.24) is 24.9 Å². The van der Waals surface area contributed by atoms with Crippen molar-refractivity contribution >= 4 is 17.8 Å². The van der Waals surface area contributed by atoms with Gasteiger partial charge in [0.1, 0.15) is 11.6 Å². The van der Waals surface area contributed by atoms with Gasteiger partial charge in [-0.25, -0.2) is 9.48 Å². The molecule has 1 N–H and O–H groups in total. The van der Waals surface area contributed by atoms with Crippen LogP contribution in [0.3, 0.4) is 0 Å². The summed E-state index contributed by atoms with van der Waals surface area (Å²) in [6, 6.07) is 6.89. The van der Waals surface area contributed by atoms with Crippen LogP contribution < -0.4 is 5.32 Å². The Morgan fingerprint density at radius 2 is 1.76 bits per heavy atom. The molecule has 1 aliphatic carbocycles. The lowest BCUT2D eigenvalue weighted by molar-refractivity contribution is -0.162. The molecule has 228 valence electrons. The van der Waals surface area contributed by atoms with Gasteiger partial charge in [0.15, 0.2) is 0 Å². The van der Waals surface area contributed by atoms with Gasteiger partial charge in [-0.2, -0.15) is 5.10 Å². The first-order valence-corrected chi connectivity index (χ1v) is 15.9. The van der Waals surface area contributed by atoms with E-state index in [1.165, 1.54) is 44.8 Å². The smallest absolute Gasteiger partial charge is 0.337 e. The molecule has 9 nitrogen and oxygen atoms in total. The molecule has 0 radical (unpaired) electrons. The molecule has 0 unspecified atom stereocenters. The van der Waals surface area contributed by atoms with Crippen LogP contribution in [0.5, 0.6) is 0 Å². The molecule has 1 saturated carbocycles. The van der Waals surface area contributed by atoms with Crippen LogP contribution in [-0.2, 0) is 20.9 Å². The number of hydrogen-bond acceptors (Lipinski definition) is 6. The van der Waals surface area contributed by atoms with E-state index < -0.39 is 5.54 Å². The average molecular weight is 578 g/mol. The first kappa shape index (κ1) is 30.3. The predicted molar refractivity (Wildman–Crippen MR) is 161 cm³/mol. The Morgan fingerprint density at radius 3 is 2.40 bits per heavy atom. The van der Waals surface area contributed by atoms with Crippen LogP contribution >= 0.6 is 0 Å². The van der Waals surface area contributed by atoms with Crippen molar-refractivity contribution in [1.29, 1.82) is 0 Å². The fraction of sp³-hybridized carbons (Fsp3) is 0.636. The van der Waals surface area contributed by atoms with E-state index in [0.717, 1.165) is 56.0 Å². The van der Waals surface area contributed by atoms with Gasteiger partial charge in [0.25, 0.3) is 0 Å². The number of aryl methyl sites for hydroxylation is 1. The summed E-state index contributed by atoms with van der Waals surface area (Å²) in [6.45, 7) is 9.12. The van der Waals surface area contributed by atoms with Crippen molar-refractivity contribution in [2.24, 2.45) is 5.92 Å². The Morgan fingerprint density at radius 1 is 1.07 bits per heavy atom. The van der Waals surface area contributed by atoms with Gasteiger partial charge in [-0.1, -0.05) is 45.4 Å². The van der Waals surface area contributed by atoms with Gasteiger partial charge in [0.05, 0.1) is 24.1 Å². The number of rotatable bonds is 9. The molecule has 2 aliphatic heterocycles. The second-order valence-electron chi connectivity index (χ2n) is 12.5. The quantitative estimate of drug-likeness (QED) is 0.434. The van der Waals surface area contributed by atoms with Crippen LogP contribution in [0.25, 0.3) is 5.69 Å². The van der Waals surface area contributed by atoms with Gasteiger partial charge in [-0.05, 0) is 69.7 Å². The number of carbonyl (C=O) groups is 3. The second kappa shape index (κ2) is 13.0. The number of piperidine rings is 1. The van der Waals surface area contributed by atoms with Crippen molar-refractivity contribution in [3.63, 3.8) is 0 Å². The molecule has 0 bridgehead atoms. The third-order valence-corrected chi connectivity index (χ3v) is 9.88. The molecule has 3 fully saturated rings. The van der Waals surface area contributed by atoms with Gasteiger partial charge in [-0.3, -0.25) is 14.5 Å². The lowest BCUT2D eigenvalue weighted by Crippen LogP contribution is -2.73. The van der Waals surface area contributed by atoms with Gasteiger partial charge < -0.3 is 15.0 Å². The van der Waals surface area contributed by atoms with E-state index in [0.29, 0.717) is 30.9 Å². The maximum Gasteiger partial charge on any atom is 0.337 e. The number of benzene rings is 1. The maximum atomic E-state index is 13.9. The maximum absolute atomic E-state index is 13.9. The van der Waals surface area contributed by atoms with E-state index in [-0.39, 0.29) is 23.8 Å². The molecule has 5 rings (SSSR count). The summed E-state index contributed by atoms with van der Waals surface area (Å²) >= 11 is 0. The summed E-state index contributed by atoms with van der Waals surface area (Å²) in [4.78, 5) is 43.9. The topological polar surface area (TPSA) is 96.8 Å². The average Bonchev–Trinajstić information content (AvgIpc) is 3.29. The largest absolute Gasteiger partial charge is 0.465 e. The molecular formula is C33H47N5O4. The molecular weight excluding hydrogens is 530 g/mol. The van der Waals surface area contributed by atoms with Crippen LogP contribution in [0.2, 0.25) is 0 Å². The highest BCUT2D eigenvalue weighted by molar-refractivity contribution is 6.00. The van der Waals surface area contributed by atoms with E-state index >= 15 is 0 Å². The summed E-state index contributed by atoms with van der Waals surface area (Å²) in [5.74, 6) is 0.359. The molecule has 9 heteroatoms. The Labute approximate surface area is 250 Å². The third kappa shape index (κ3) is 5.98. The number of nitrogens with zero attached hydrogens (tertiary/aromatic N) is 4. The number of ether oxygens (including phenoxy) is 1. The number of carbonyl (C=O) groups excluding carboxylic acids is 3. The summed E-state index contributed by atoms with van der Waals surface area (Å²) in [6.07, 6.45) is 10.1. The molecule has 1 aromatic carbocycles. The Balaban J connectivity index is 1.27. The number of amides is 2. The van der Waals surface area contributed by atoms with E-state index in [2.05, 4.69) is 24.1 Å². The zero-order valence-electron chi connectivity index (χ0n) is 25.8. The monoisotopic (exact) mass is 577 g/mol. The SMILES string of the molecule is CCCCN1C(=O)[C@H](CC2CCCCC2)NC(=O)C12CCN(Cc1c(C)nn(-c3ccc(C(=O)OC)cc3)c1C)CC2. The van der Waals surface area contributed by atoms with Crippen molar-refractivity contribution in [3.8, 4) is 5.69 Å². The highest BCUT2D eigenvalue weighted by Crippen LogP contribution is 2.36. The number of piperazine rings is 1. The van der Waals surface area contributed by atoms with Crippen LogP contribution in [0.1, 0.15) is 98.4 Å². The minimum atomic E-state index is -0.749. The van der Waals surface area contributed by atoms with Crippen molar-refractivity contribution in [2.75, 3.05) is 26.7 Å². The molecule has 3 heterocycles. The fourth-order valence-electron chi connectivity index (χ4n) is 7.25. The zero-order valence-corrected chi connectivity index (χ0v) is 25.8. The lowest BCUT2D eigenvalue weighted by Gasteiger charge is -2.52. The lowest BCUT2D eigenvalue weighted by atomic mass is 9.79. The molecule has 2 saturated heterocycles. The fourth-order valence-corrected chi connectivity index (χ4v) is 7.25. The highest BCUT2D eigenvalue weighted by atomic mass is 16.5. The van der Waals surface area contributed by atoms with Crippen LogP contribution in [-0.4, -0.2) is 75.7 Å². The number of aromatic nitrogens is 2. The molecule has 1 atom stereocenters. The number of methoxy groups -OCH3 is 1. The van der Waals surface area contributed by atoms with Crippen molar-refractivity contribution in [3.05, 3.63) is 46.8 Å². The summed E-state index contributed by atoms with van der Waals surface area (Å²) in [5.41, 5.74) is 3.83. The molecule has 42 heavy (non-hydrogen) atoms. The van der Waals surface area contributed by atoms with Crippen molar-refractivity contribution < 1.29 is 19.1 Å². The number of hydrogen-bond donors (Lipinski definition) is 1. The second-order valence-corrected chi connectivity index (χ2v) is 12.5. The van der Waals surface area contributed by atoms with Crippen LogP contribution in [0, 0.1) is 19.8 Å². The first-order valence-electron chi connectivity index (χ1n) is 15.9. The zero-order chi connectivity index (χ0) is 29.9. The summed E-state index contributed by atoms with van der Waals surface area (Å²) in [7, 11) is 1.38. The standard InChI is InChI=1S/C33H47N5O4/c1-5-6-18-37-30(39)29(21-25-10-8-7-9-11-25)34-32(41)33(37)16-19-36(20-17-33)22-28-23(2)35-38(24(28)3)27-14-12-26(13-15-27)31(40)42-4/h12-15,25,29H,5-11,16-22H2,1-4H3,(H,34,41)/t29-/m0/s1. The Hall–Kier alpha value is -3.20.